The van der Waals surface area contributed by atoms with Gasteiger partial charge in [-0.2, -0.15) is 0 Å². The van der Waals surface area contributed by atoms with E-state index in [1.807, 2.05) is 42.5 Å². The molecule has 0 heterocycles. The first-order chi connectivity index (χ1) is 9.74. The van der Waals surface area contributed by atoms with Gasteiger partial charge >= 0.3 is 0 Å². The van der Waals surface area contributed by atoms with Gasteiger partial charge in [0.25, 0.3) is 0 Å². The molecule has 0 fully saturated rings. The number of ether oxygens (including phenoxy) is 2. The Morgan fingerprint density at radius 3 is 2.40 bits per heavy atom. The van der Waals surface area contributed by atoms with Crippen LogP contribution in [0.3, 0.4) is 0 Å². The lowest BCUT2D eigenvalue weighted by molar-refractivity contribution is 0.302. The van der Waals surface area contributed by atoms with Gasteiger partial charge in [0.05, 0.1) is 11.1 Å². The molecule has 2 rings (SSSR count). The summed E-state index contributed by atoms with van der Waals surface area (Å²) in [6.07, 6.45) is 0.970. The van der Waals surface area contributed by atoms with E-state index in [1.54, 1.807) is 0 Å². The maximum Gasteiger partial charge on any atom is 0.169 e. The molecular weight excluding hydrogens is 384 g/mol. The van der Waals surface area contributed by atoms with Crippen molar-refractivity contribution in [3.05, 3.63) is 52.5 Å². The maximum absolute atomic E-state index is 5.95. The second kappa shape index (κ2) is 7.70. The number of para-hydroxylation sites is 2. The van der Waals surface area contributed by atoms with Gasteiger partial charge in [-0.15, -0.1) is 0 Å². The molecule has 2 nitrogen and oxygen atoms in total. The summed E-state index contributed by atoms with van der Waals surface area (Å²) in [6.45, 7) is 2.77. The molecule has 0 bridgehead atoms. The second-order valence-electron chi connectivity index (χ2n) is 4.30. The molecule has 106 valence electrons. The van der Waals surface area contributed by atoms with Gasteiger partial charge < -0.3 is 9.47 Å². The highest BCUT2D eigenvalue weighted by Gasteiger charge is 2.08. The number of alkyl halides is 1. The van der Waals surface area contributed by atoms with Crippen LogP contribution < -0.4 is 9.47 Å². The van der Waals surface area contributed by atoms with Gasteiger partial charge in [-0.05, 0) is 52.2 Å². The molecule has 0 saturated carbocycles. The van der Waals surface area contributed by atoms with Crippen LogP contribution in [-0.2, 0) is 5.33 Å². The molecule has 0 amide bonds. The number of halogens is 2. The topological polar surface area (TPSA) is 18.5 Å². The summed E-state index contributed by atoms with van der Waals surface area (Å²) in [5.41, 5.74) is 1.19. The third-order valence-corrected chi connectivity index (χ3v) is 3.95. The first-order valence-electron chi connectivity index (χ1n) is 6.48. The van der Waals surface area contributed by atoms with Crippen LogP contribution in [0.15, 0.2) is 46.9 Å². The van der Waals surface area contributed by atoms with Gasteiger partial charge in [0.1, 0.15) is 5.75 Å². The monoisotopic (exact) mass is 398 g/mol. The van der Waals surface area contributed by atoms with Crippen molar-refractivity contribution < 1.29 is 9.47 Å². The van der Waals surface area contributed by atoms with Crippen molar-refractivity contribution >= 4 is 31.9 Å². The Morgan fingerprint density at radius 2 is 1.75 bits per heavy atom. The van der Waals surface area contributed by atoms with Gasteiger partial charge in [-0.3, -0.25) is 0 Å². The second-order valence-corrected chi connectivity index (χ2v) is 5.71. The molecule has 4 heteroatoms. The van der Waals surface area contributed by atoms with Crippen molar-refractivity contribution in [1.29, 1.82) is 0 Å². The largest absolute Gasteiger partial charge is 0.490 e. The van der Waals surface area contributed by atoms with Crippen LogP contribution in [0.1, 0.15) is 18.9 Å². The summed E-state index contributed by atoms with van der Waals surface area (Å²) in [6, 6.07) is 13.7. The van der Waals surface area contributed by atoms with Crippen molar-refractivity contribution in [3.63, 3.8) is 0 Å². The summed E-state index contributed by atoms with van der Waals surface area (Å²) in [7, 11) is 0. The average molecular weight is 400 g/mol. The molecule has 0 radical (unpaired) electrons. The summed E-state index contributed by atoms with van der Waals surface area (Å²) in [5.74, 6) is 2.28. The van der Waals surface area contributed by atoms with Crippen molar-refractivity contribution in [3.8, 4) is 17.2 Å². The van der Waals surface area contributed by atoms with E-state index >= 15 is 0 Å². The van der Waals surface area contributed by atoms with Gasteiger partial charge in [-0.1, -0.05) is 41.1 Å². The smallest absolute Gasteiger partial charge is 0.169 e. The standard InChI is InChI=1S/C16H16Br2O2/c1-2-9-19-15-5-3-4-6-16(15)20-14-8-7-12(11-17)10-13(14)18/h3-8,10H,2,9,11H2,1H3. The van der Waals surface area contributed by atoms with Crippen LogP contribution in [0.5, 0.6) is 17.2 Å². The van der Waals surface area contributed by atoms with E-state index in [1.165, 1.54) is 5.56 Å². The zero-order valence-electron chi connectivity index (χ0n) is 11.2. The zero-order valence-corrected chi connectivity index (χ0v) is 14.4. The van der Waals surface area contributed by atoms with Crippen LogP contribution in [0.4, 0.5) is 0 Å². The molecule has 0 aliphatic rings. The van der Waals surface area contributed by atoms with E-state index in [4.69, 9.17) is 9.47 Å². The minimum Gasteiger partial charge on any atom is -0.490 e. The molecule has 0 aliphatic heterocycles. The fourth-order valence-corrected chi connectivity index (χ4v) is 2.55. The lowest BCUT2D eigenvalue weighted by Gasteiger charge is -2.13. The highest BCUT2D eigenvalue weighted by atomic mass is 79.9. The molecular formula is C16H16Br2O2. The van der Waals surface area contributed by atoms with Crippen molar-refractivity contribution in [2.24, 2.45) is 0 Å². The molecule has 0 N–H and O–H groups in total. The minimum atomic E-state index is 0.685. The van der Waals surface area contributed by atoms with Gasteiger partial charge in [0.15, 0.2) is 11.5 Å². The van der Waals surface area contributed by atoms with Crippen LogP contribution >= 0.6 is 31.9 Å². The lowest BCUT2D eigenvalue weighted by atomic mass is 10.2. The van der Waals surface area contributed by atoms with E-state index in [0.717, 1.165) is 33.5 Å². The first kappa shape index (κ1) is 15.4. The van der Waals surface area contributed by atoms with Gasteiger partial charge in [-0.25, -0.2) is 0 Å². The Labute approximate surface area is 136 Å². The summed E-state index contributed by atoms with van der Waals surface area (Å²) >= 11 is 6.98. The number of hydrogen-bond acceptors (Lipinski definition) is 2. The first-order valence-corrected chi connectivity index (χ1v) is 8.40. The van der Waals surface area contributed by atoms with Crippen molar-refractivity contribution in [1.82, 2.24) is 0 Å². The normalized spacial score (nSPS) is 10.3. The number of hydrogen-bond donors (Lipinski definition) is 0. The predicted octanol–water partition coefficient (Wildman–Crippen LogP) is 5.93. The molecule has 0 spiro atoms. The van der Waals surface area contributed by atoms with E-state index in [-0.39, 0.29) is 0 Å². The van der Waals surface area contributed by atoms with E-state index in [0.29, 0.717) is 6.61 Å². The summed E-state index contributed by atoms with van der Waals surface area (Å²) in [5, 5.41) is 0.822. The Hall–Kier alpha value is -1.000. The van der Waals surface area contributed by atoms with E-state index in [9.17, 15) is 0 Å². The molecule has 0 unspecified atom stereocenters. The highest BCUT2D eigenvalue weighted by Crippen LogP contribution is 2.35. The van der Waals surface area contributed by atoms with Crippen molar-refractivity contribution in [2.45, 2.75) is 18.7 Å². The van der Waals surface area contributed by atoms with Crippen LogP contribution in [-0.4, -0.2) is 6.61 Å². The predicted molar refractivity (Wildman–Crippen MR) is 89.1 cm³/mol. The van der Waals surface area contributed by atoms with Crippen molar-refractivity contribution in [2.75, 3.05) is 6.61 Å². The SMILES string of the molecule is CCCOc1ccccc1Oc1ccc(CBr)cc1Br. The maximum atomic E-state index is 5.95. The Kier molecular flexibility index (Phi) is 5.92. The van der Waals surface area contributed by atoms with Crippen LogP contribution in [0.2, 0.25) is 0 Å². The summed E-state index contributed by atoms with van der Waals surface area (Å²) < 4.78 is 12.6. The lowest BCUT2D eigenvalue weighted by Crippen LogP contribution is -1.97. The number of benzene rings is 2. The molecule has 2 aromatic carbocycles. The Bertz CT molecular complexity index is 570. The molecule has 0 saturated heterocycles. The fourth-order valence-electron chi connectivity index (χ4n) is 1.69. The average Bonchev–Trinajstić information content (AvgIpc) is 2.48. The third-order valence-electron chi connectivity index (χ3n) is 2.68. The van der Waals surface area contributed by atoms with Crippen LogP contribution in [0, 0.1) is 0 Å². The Morgan fingerprint density at radius 1 is 1.00 bits per heavy atom. The zero-order chi connectivity index (χ0) is 14.4. The van der Waals surface area contributed by atoms with E-state index in [2.05, 4.69) is 38.8 Å². The van der Waals surface area contributed by atoms with E-state index < -0.39 is 0 Å². The van der Waals surface area contributed by atoms with Crippen LogP contribution in [0.25, 0.3) is 0 Å². The highest BCUT2D eigenvalue weighted by molar-refractivity contribution is 9.10. The van der Waals surface area contributed by atoms with Gasteiger partial charge in [0.2, 0.25) is 0 Å². The quantitative estimate of drug-likeness (QED) is 0.560. The molecule has 0 atom stereocenters. The summed E-state index contributed by atoms with van der Waals surface area (Å²) in [4.78, 5) is 0. The Balaban J connectivity index is 2.21. The fraction of sp³-hybridized carbons (Fsp3) is 0.250. The molecule has 20 heavy (non-hydrogen) atoms. The minimum absolute atomic E-state index is 0.685. The van der Waals surface area contributed by atoms with Gasteiger partial charge in [0, 0.05) is 5.33 Å². The molecule has 0 aliphatic carbocycles. The third kappa shape index (κ3) is 4.00. The molecule has 0 aromatic heterocycles. The number of rotatable bonds is 6. The molecule has 2 aromatic rings.